The molecule has 8 nitrogen and oxygen atoms in total. The summed E-state index contributed by atoms with van der Waals surface area (Å²) in [6.07, 6.45) is -0.224. The molecule has 0 atom stereocenters. The summed E-state index contributed by atoms with van der Waals surface area (Å²) in [6, 6.07) is 21.6. The van der Waals surface area contributed by atoms with Crippen LogP contribution in [-0.4, -0.2) is 31.0 Å². The summed E-state index contributed by atoms with van der Waals surface area (Å²) >= 11 is 0. The number of aryl methyl sites for hydroxylation is 1. The molecule has 0 unspecified atom stereocenters. The highest BCUT2D eigenvalue weighted by Gasteiger charge is 2.12. The minimum Gasteiger partial charge on any atom is -0.492 e. The van der Waals surface area contributed by atoms with Crippen molar-refractivity contribution in [1.82, 2.24) is 0 Å². The number of carbonyl (C=O) groups is 3. The van der Waals surface area contributed by atoms with E-state index < -0.39 is 18.5 Å². The second kappa shape index (κ2) is 12.8. The first-order chi connectivity index (χ1) is 16.9. The van der Waals surface area contributed by atoms with Gasteiger partial charge in [0.25, 0.3) is 5.91 Å². The van der Waals surface area contributed by atoms with Crippen LogP contribution in [0.1, 0.15) is 25.3 Å². The molecule has 2 amide bonds. The van der Waals surface area contributed by atoms with Gasteiger partial charge in [0.2, 0.25) is 5.91 Å². The first kappa shape index (κ1) is 25.3. The lowest BCUT2D eigenvalue weighted by Gasteiger charge is -2.11. The predicted octanol–water partition coefficient (Wildman–Crippen LogP) is 5.09. The van der Waals surface area contributed by atoms with Gasteiger partial charge in [-0.25, -0.2) is 0 Å². The van der Waals surface area contributed by atoms with Gasteiger partial charge in [0.15, 0.2) is 6.61 Å². The Balaban J connectivity index is 1.38. The smallest absolute Gasteiger partial charge is 0.306 e. The predicted molar refractivity (Wildman–Crippen MR) is 133 cm³/mol. The fourth-order valence-electron chi connectivity index (χ4n) is 3.10. The highest BCUT2D eigenvalue weighted by atomic mass is 16.5. The molecule has 0 aliphatic heterocycles. The molecule has 0 aliphatic carbocycles. The standard InChI is InChI=1S/C27H28N2O6/c1-3-33-24-11-7-5-9-22(24)29-26(31)18-34-27(32)17-16-25(30)28-20-12-14-21(15-13-20)35-23-10-6-4-8-19(23)2/h4-15H,3,16-18H2,1-2H3,(H,28,30)(H,29,31). The van der Waals surface area contributed by atoms with Gasteiger partial charge in [0.1, 0.15) is 17.2 Å². The van der Waals surface area contributed by atoms with Gasteiger partial charge >= 0.3 is 5.97 Å². The van der Waals surface area contributed by atoms with Gasteiger partial charge in [0.05, 0.1) is 18.7 Å². The number of esters is 1. The number of benzene rings is 3. The maximum atomic E-state index is 12.2. The van der Waals surface area contributed by atoms with E-state index in [0.29, 0.717) is 29.5 Å². The summed E-state index contributed by atoms with van der Waals surface area (Å²) in [4.78, 5) is 36.2. The first-order valence-electron chi connectivity index (χ1n) is 11.3. The molecular formula is C27H28N2O6. The number of carbonyl (C=O) groups excluding carboxylic acids is 3. The van der Waals surface area contributed by atoms with E-state index in [1.807, 2.05) is 38.1 Å². The summed E-state index contributed by atoms with van der Waals surface area (Å²) in [5, 5.41) is 5.36. The van der Waals surface area contributed by atoms with Crippen LogP contribution in [-0.2, 0) is 19.1 Å². The van der Waals surface area contributed by atoms with Crippen LogP contribution in [0.5, 0.6) is 17.2 Å². The highest BCUT2D eigenvalue weighted by molar-refractivity contribution is 5.95. The zero-order valence-electron chi connectivity index (χ0n) is 19.7. The third kappa shape index (κ3) is 8.19. The van der Waals surface area contributed by atoms with E-state index in [9.17, 15) is 14.4 Å². The van der Waals surface area contributed by atoms with Crippen LogP contribution in [0.4, 0.5) is 11.4 Å². The maximum Gasteiger partial charge on any atom is 0.306 e. The summed E-state index contributed by atoms with van der Waals surface area (Å²) in [6.45, 7) is 3.80. The van der Waals surface area contributed by atoms with Gasteiger partial charge in [-0.2, -0.15) is 0 Å². The van der Waals surface area contributed by atoms with E-state index >= 15 is 0 Å². The number of amides is 2. The Morgan fingerprint density at radius 2 is 1.46 bits per heavy atom. The van der Waals surface area contributed by atoms with Crippen LogP contribution in [0.25, 0.3) is 0 Å². The Labute approximate surface area is 204 Å². The summed E-state index contributed by atoms with van der Waals surface area (Å²) in [7, 11) is 0. The number of rotatable bonds is 11. The van der Waals surface area contributed by atoms with Crippen molar-refractivity contribution in [2.75, 3.05) is 23.8 Å². The molecule has 8 heteroatoms. The lowest BCUT2D eigenvalue weighted by molar-refractivity contribution is -0.147. The Bertz CT molecular complexity index is 1160. The fraction of sp³-hybridized carbons (Fsp3) is 0.222. The van der Waals surface area contributed by atoms with E-state index in [1.54, 1.807) is 48.5 Å². The third-order valence-corrected chi connectivity index (χ3v) is 4.84. The van der Waals surface area contributed by atoms with Gasteiger partial charge < -0.3 is 24.8 Å². The molecule has 0 heterocycles. The lowest BCUT2D eigenvalue weighted by atomic mass is 10.2. The van der Waals surface area contributed by atoms with Gasteiger partial charge in [-0.3, -0.25) is 14.4 Å². The van der Waals surface area contributed by atoms with Gasteiger partial charge in [0, 0.05) is 12.1 Å². The Kier molecular flexibility index (Phi) is 9.24. The minimum atomic E-state index is -0.643. The van der Waals surface area contributed by atoms with Crippen LogP contribution in [0.3, 0.4) is 0 Å². The van der Waals surface area contributed by atoms with E-state index in [1.165, 1.54) is 0 Å². The minimum absolute atomic E-state index is 0.0743. The maximum absolute atomic E-state index is 12.2. The first-order valence-corrected chi connectivity index (χ1v) is 11.3. The SMILES string of the molecule is CCOc1ccccc1NC(=O)COC(=O)CCC(=O)Nc1ccc(Oc2ccccc2C)cc1. The van der Waals surface area contributed by atoms with Crippen LogP contribution in [0.15, 0.2) is 72.8 Å². The monoisotopic (exact) mass is 476 g/mol. The molecule has 0 fully saturated rings. The van der Waals surface area contributed by atoms with E-state index in [4.69, 9.17) is 14.2 Å². The van der Waals surface area contributed by atoms with Gasteiger partial charge in [-0.15, -0.1) is 0 Å². The van der Waals surface area contributed by atoms with E-state index in [0.717, 1.165) is 11.3 Å². The van der Waals surface area contributed by atoms with Crippen molar-refractivity contribution in [2.45, 2.75) is 26.7 Å². The number of para-hydroxylation sites is 3. The second-order valence-corrected chi connectivity index (χ2v) is 7.58. The van der Waals surface area contributed by atoms with Crippen molar-refractivity contribution < 1.29 is 28.6 Å². The molecule has 0 saturated carbocycles. The van der Waals surface area contributed by atoms with Crippen LogP contribution in [0.2, 0.25) is 0 Å². The molecule has 0 aromatic heterocycles. The molecule has 3 aromatic rings. The number of anilines is 2. The molecule has 0 radical (unpaired) electrons. The highest BCUT2D eigenvalue weighted by Crippen LogP contribution is 2.26. The van der Waals surface area contributed by atoms with Crippen molar-refractivity contribution in [1.29, 1.82) is 0 Å². The van der Waals surface area contributed by atoms with Crippen molar-refractivity contribution in [3.63, 3.8) is 0 Å². The van der Waals surface area contributed by atoms with Crippen LogP contribution >= 0.6 is 0 Å². The van der Waals surface area contributed by atoms with Crippen molar-refractivity contribution >= 4 is 29.2 Å². The lowest BCUT2D eigenvalue weighted by Crippen LogP contribution is -2.22. The summed E-state index contributed by atoms with van der Waals surface area (Å²) in [5.74, 6) is 0.446. The number of hydrogen-bond acceptors (Lipinski definition) is 6. The molecule has 0 aliphatic rings. The molecule has 3 rings (SSSR count). The Morgan fingerprint density at radius 3 is 2.17 bits per heavy atom. The molecule has 35 heavy (non-hydrogen) atoms. The largest absolute Gasteiger partial charge is 0.492 e. The fourth-order valence-corrected chi connectivity index (χ4v) is 3.10. The Hall–Kier alpha value is -4.33. The van der Waals surface area contributed by atoms with Crippen molar-refractivity contribution in [2.24, 2.45) is 0 Å². The summed E-state index contributed by atoms with van der Waals surface area (Å²) < 4.78 is 16.2. The van der Waals surface area contributed by atoms with E-state index in [2.05, 4.69) is 10.6 Å². The molecule has 0 spiro atoms. The Morgan fingerprint density at radius 1 is 0.771 bits per heavy atom. The average molecular weight is 477 g/mol. The second-order valence-electron chi connectivity index (χ2n) is 7.58. The van der Waals surface area contributed by atoms with Crippen LogP contribution in [0, 0.1) is 6.92 Å². The number of hydrogen-bond donors (Lipinski definition) is 2. The zero-order valence-corrected chi connectivity index (χ0v) is 19.7. The zero-order chi connectivity index (χ0) is 25.0. The molecule has 3 aromatic carbocycles. The molecule has 0 bridgehead atoms. The molecule has 2 N–H and O–H groups in total. The van der Waals surface area contributed by atoms with Crippen molar-refractivity contribution in [3.05, 3.63) is 78.4 Å². The van der Waals surface area contributed by atoms with Gasteiger partial charge in [-0.05, 0) is 61.9 Å². The number of nitrogens with one attached hydrogen (secondary N) is 2. The molecule has 182 valence electrons. The van der Waals surface area contributed by atoms with Gasteiger partial charge in [-0.1, -0.05) is 30.3 Å². The van der Waals surface area contributed by atoms with E-state index in [-0.39, 0.29) is 18.7 Å². The average Bonchev–Trinajstić information content (AvgIpc) is 2.85. The normalized spacial score (nSPS) is 10.2. The molecular weight excluding hydrogens is 448 g/mol. The number of ether oxygens (including phenoxy) is 3. The quantitative estimate of drug-likeness (QED) is 0.374. The topological polar surface area (TPSA) is 103 Å². The van der Waals surface area contributed by atoms with Crippen molar-refractivity contribution in [3.8, 4) is 17.2 Å². The third-order valence-electron chi connectivity index (χ3n) is 4.84. The molecule has 0 saturated heterocycles. The summed E-state index contributed by atoms with van der Waals surface area (Å²) in [5.41, 5.74) is 2.09. The van der Waals surface area contributed by atoms with Crippen LogP contribution < -0.4 is 20.1 Å².